The van der Waals surface area contributed by atoms with Crippen LogP contribution in [0.3, 0.4) is 0 Å². The predicted octanol–water partition coefficient (Wildman–Crippen LogP) is 3.55. The van der Waals surface area contributed by atoms with Crippen LogP contribution in [-0.4, -0.2) is 56.9 Å². The molecular formula is C28H32FN5O3. The summed E-state index contributed by atoms with van der Waals surface area (Å²) in [6.07, 6.45) is 0.864. The van der Waals surface area contributed by atoms with Crippen LogP contribution in [-0.2, 0) is 24.4 Å². The highest BCUT2D eigenvalue weighted by molar-refractivity contribution is 5.98. The van der Waals surface area contributed by atoms with Gasteiger partial charge in [-0.2, -0.15) is 5.10 Å². The minimum atomic E-state index is -0.329. The molecule has 0 radical (unpaired) electrons. The van der Waals surface area contributed by atoms with Crippen LogP contribution in [0.4, 0.5) is 4.39 Å². The minimum Gasteiger partial charge on any atom is -0.352 e. The summed E-state index contributed by atoms with van der Waals surface area (Å²) in [5.74, 6) is -0.995. The molecule has 0 bridgehead atoms. The van der Waals surface area contributed by atoms with Crippen molar-refractivity contribution in [2.45, 2.75) is 46.3 Å². The third-order valence-electron chi connectivity index (χ3n) is 6.61. The highest BCUT2D eigenvalue weighted by Gasteiger charge is 2.28. The molecule has 1 aliphatic heterocycles. The Bertz CT molecular complexity index is 1270. The smallest absolute Gasteiger partial charge is 0.274 e. The van der Waals surface area contributed by atoms with Crippen LogP contribution < -0.4 is 5.32 Å². The number of nitrogens with one attached hydrogen (secondary N) is 1. The maximum absolute atomic E-state index is 13.3. The first-order valence-electron chi connectivity index (χ1n) is 12.6. The average Bonchev–Trinajstić information content (AvgIpc) is 3.27. The Morgan fingerprint density at radius 1 is 1.11 bits per heavy atom. The van der Waals surface area contributed by atoms with Crippen molar-refractivity contribution in [3.63, 3.8) is 0 Å². The Morgan fingerprint density at radius 2 is 1.86 bits per heavy atom. The number of hydrogen-bond donors (Lipinski definition) is 1. The Morgan fingerprint density at radius 3 is 2.59 bits per heavy atom. The molecule has 0 saturated heterocycles. The average molecular weight is 506 g/mol. The topological polar surface area (TPSA) is 87.5 Å². The lowest BCUT2D eigenvalue weighted by molar-refractivity contribution is -0.121. The second-order valence-corrected chi connectivity index (χ2v) is 9.18. The molecule has 2 heterocycles. The van der Waals surface area contributed by atoms with Crippen molar-refractivity contribution in [3.05, 3.63) is 88.5 Å². The quantitative estimate of drug-likeness (QED) is 0.482. The molecule has 0 atom stereocenters. The fourth-order valence-electron chi connectivity index (χ4n) is 4.38. The van der Waals surface area contributed by atoms with Gasteiger partial charge in [0, 0.05) is 51.8 Å². The summed E-state index contributed by atoms with van der Waals surface area (Å²) in [5.41, 5.74) is 3.62. The van der Waals surface area contributed by atoms with Gasteiger partial charge in [-0.05, 0) is 49.1 Å². The van der Waals surface area contributed by atoms with E-state index in [-0.39, 0.29) is 48.7 Å². The first-order valence-corrected chi connectivity index (χ1v) is 12.6. The zero-order chi connectivity index (χ0) is 26.4. The van der Waals surface area contributed by atoms with Gasteiger partial charge in [0.15, 0.2) is 5.69 Å². The largest absolute Gasteiger partial charge is 0.352 e. The molecule has 1 aromatic heterocycles. The molecule has 2 aromatic carbocycles. The van der Waals surface area contributed by atoms with Crippen molar-refractivity contribution in [3.8, 4) is 0 Å². The Balaban J connectivity index is 1.37. The van der Waals surface area contributed by atoms with E-state index in [0.717, 1.165) is 23.1 Å². The minimum absolute atomic E-state index is 0.122. The van der Waals surface area contributed by atoms with E-state index in [4.69, 9.17) is 0 Å². The van der Waals surface area contributed by atoms with Crippen molar-refractivity contribution in [2.75, 3.05) is 19.6 Å². The van der Waals surface area contributed by atoms with Gasteiger partial charge in [0.2, 0.25) is 5.91 Å². The van der Waals surface area contributed by atoms with Crippen molar-refractivity contribution >= 4 is 17.7 Å². The van der Waals surface area contributed by atoms with E-state index in [2.05, 4.69) is 10.4 Å². The van der Waals surface area contributed by atoms with Gasteiger partial charge in [0.1, 0.15) is 11.5 Å². The number of carbonyl (C=O) groups excluding carboxylic acids is 3. The highest BCUT2D eigenvalue weighted by Crippen LogP contribution is 2.19. The molecule has 4 rings (SSSR count). The number of fused-ring (bicyclic) bond motifs is 1. The summed E-state index contributed by atoms with van der Waals surface area (Å²) < 4.78 is 14.7. The second kappa shape index (κ2) is 11.8. The van der Waals surface area contributed by atoms with Gasteiger partial charge in [-0.25, -0.2) is 4.39 Å². The van der Waals surface area contributed by atoms with E-state index in [1.165, 1.54) is 12.1 Å². The molecule has 3 amide bonds. The van der Waals surface area contributed by atoms with Gasteiger partial charge in [-0.3, -0.25) is 19.1 Å². The second-order valence-electron chi connectivity index (χ2n) is 9.18. The number of aryl methyl sites for hydroxylation is 2. The number of rotatable bonds is 9. The highest BCUT2D eigenvalue weighted by atomic mass is 19.1. The summed E-state index contributed by atoms with van der Waals surface area (Å²) >= 11 is 0. The van der Waals surface area contributed by atoms with Gasteiger partial charge >= 0.3 is 0 Å². The van der Waals surface area contributed by atoms with Gasteiger partial charge in [-0.1, -0.05) is 36.4 Å². The van der Waals surface area contributed by atoms with Crippen LogP contribution >= 0.6 is 0 Å². The lowest BCUT2D eigenvalue weighted by Gasteiger charge is -2.21. The molecular weight excluding hydrogens is 473 g/mol. The van der Waals surface area contributed by atoms with Gasteiger partial charge in [-0.15, -0.1) is 0 Å². The Kier molecular flexibility index (Phi) is 8.32. The molecule has 0 saturated carbocycles. The molecule has 0 unspecified atom stereocenters. The maximum atomic E-state index is 13.3. The van der Waals surface area contributed by atoms with E-state index < -0.39 is 0 Å². The number of hydrogen-bond acceptors (Lipinski definition) is 4. The lowest BCUT2D eigenvalue weighted by atomic mass is 10.1. The fraction of sp³-hybridized carbons (Fsp3) is 0.357. The van der Waals surface area contributed by atoms with Gasteiger partial charge in [0.05, 0.1) is 0 Å². The van der Waals surface area contributed by atoms with E-state index >= 15 is 0 Å². The van der Waals surface area contributed by atoms with Crippen LogP contribution in [0.5, 0.6) is 0 Å². The van der Waals surface area contributed by atoms with Gasteiger partial charge in [0.25, 0.3) is 11.8 Å². The molecule has 0 spiro atoms. The van der Waals surface area contributed by atoms with Crippen LogP contribution in [0.25, 0.3) is 0 Å². The molecule has 8 nitrogen and oxygen atoms in total. The van der Waals surface area contributed by atoms with Crippen LogP contribution in [0.15, 0.2) is 54.6 Å². The molecule has 3 aromatic rings. The number of amides is 3. The monoisotopic (exact) mass is 505 g/mol. The SMILES string of the molecule is CCN(CCC(=O)NCc1ccc(F)cc1)C(=O)c1cc2n(n1)CCCN(Cc1ccccc1C)C2=O. The number of benzene rings is 2. The number of nitrogens with zero attached hydrogens (tertiary/aromatic N) is 4. The predicted molar refractivity (Wildman–Crippen MR) is 137 cm³/mol. The van der Waals surface area contributed by atoms with Crippen molar-refractivity contribution in [1.82, 2.24) is 24.9 Å². The summed E-state index contributed by atoms with van der Waals surface area (Å²) in [5, 5.41) is 7.23. The lowest BCUT2D eigenvalue weighted by Crippen LogP contribution is -2.35. The summed E-state index contributed by atoms with van der Waals surface area (Å²) in [6, 6.07) is 15.5. The molecule has 1 aliphatic rings. The summed E-state index contributed by atoms with van der Waals surface area (Å²) in [7, 11) is 0. The molecule has 0 fully saturated rings. The van der Waals surface area contributed by atoms with Gasteiger partial charge < -0.3 is 15.1 Å². The summed E-state index contributed by atoms with van der Waals surface area (Å²) in [4.78, 5) is 42.2. The molecule has 37 heavy (non-hydrogen) atoms. The normalized spacial score (nSPS) is 13.2. The maximum Gasteiger partial charge on any atom is 0.274 e. The Labute approximate surface area is 216 Å². The molecule has 194 valence electrons. The number of carbonyl (C=O) groups is 3. The molecule has 1 N–H and O–H groups in total. The van der Waals surface area contributed by atoms with Crippen molar-refractivity contribution < 1.29 is 18.8 Å². The van der Waals surface area contributed by atoms with E-state index in [0.29, 0.717) is 31.9 Å². The zero-order valence-corrected chi connectivity index (χ0v) is 21.2. The number of aromatic nitrogens is 2. The molecule has 9 heteroatoms. The van der Waals surface area contributed by atoms with Crippen molar-refractivity contribution in [2.24, 2.45) is 0 Å². The van der Waals surface area contributed by atoms with Crippen LogP contribution in [0.1, 0.15) is 57.4 Å². The zero-order valence-electron chi connectivity index (χ0n) is 21.2. The third-order valence-corrected chi connectivity index (χ3v) is 6.61. The Hall–Kier alpha value is -4.01. The van der Waals surface area contributed by atoms with Crippen LogP contribution in [0, 0.1) is 12.7 Å². The third kappa shape index (κ3) is 6.41. The van der Waals surface area contributed by atoms with Crippen LogP contribution in [0.2, 0.25) is 0 Å². The summed E-state index contributed by atoms with van der Waals surface area (Å²) in [6.45, 7) is 6.46. The van der Waals surface area contributed by atoms with Crippen molar-refractivity contribution in [1.29, 1.82) is 0 Å². The standard InChI is InChI=1S/C28H32FN5O3/c1-3-32(16-13-26(35)30-18-21-9-11-23(29)12-10-21)27(36)24-17-25-28(37)33(14-6-15-34(25)31-24)19-22-8-5-4-7-20(22)2/h4-5,7-12,17H,3,6,13-16,18-19H2,1-2H3,(H,30,35). The first-order chi connectivity index (χ1) is 17.9. The van der Waals surface area contributed by atoms with E-state index in [9.17, 15) is 18.8 Å². The number of halogens is 1. The van der Waals surface area contributed by atoms with E-state index in [1.807, 2.05) is 38.1 Å². The molecule has 0 aliphatic carbocycles. The van der Waals surface area contributed by atoms with E-state index in [1.54, 1.807) is 32.7 Å². The first kappa shape index (κ1) is 26.1. The fourth-order valence-corrected chi connectivity index (χ4v) is 4.38.